The van der Waals surface area contributed by atoms with Gasteiger partial charge in [-0.05, 0) is 42.3 Å². The highest BCUT2D eigenvalue weighted by atomic mass is 19.4. The molecule has 3 aromatic rings. The molecule has 1 aliphatic rings. The zero-order valence-corrected chi connectivity index (χ0v) is 17.9. The number of nitrogens with zero attached hydrogens (tertiary/aromatic N) is 4. The molecule has 0 radical (unpaired) electrons. The molecule has 1 aromatic heterocycles. The highest BCUT2D eigenvalue weighted by Crippen LogP contribution is 2.29. The minimum absolute atomic E-state index is 0.104. The molecule has 9 heteroatoms. The van der Waals surface area contributed by atoms with Crippen molar-refractivity contribution < 1.29 is 13.2 Å². The van der Waals surface area contributed by atoms with E-state index in [-0.39, 0.29) is 6.54 Å². The van der Waals surface area contributed by atoms with Crippen molar-refractivity contribution in [1.29, 1.82) is 5.26 Å². The van der Waals surface area contributed by atoms with Crippen LogP contribution in [-0.2, 0) is 38.9 Å². The smallest absolute Gasteiger partial charge is 0.296 e. The van der Waals surface area contributed by atoms with Crippen LogP contribution < -0.4 is 11.2 Å². The highest BCUT2D eigenvalue weighted by molar-refractivity contribution is 5.33. The van der Waals surface area contributed by atoms with Gasteiger partial charge in [0.05, 0.1) is 29.3 Å². The molecule has 0 atom stereocenters. The zero-order chi connectivity index (χ0) is 23.8. The lowest BCUT2D eigenvalue weighted by Crippen LogP contribution is -2.42. The standard InChI is InChI=1S/C24H21F3N4O2/c1-2-30-21-15-29(12-18-5-3-4-17(10-18)11-28)14-20(21)22(32)31(23(30)33)13-16-6-8-19(9-7-16)24(25,26)27/h3-10H,2,12-15H2,1H3. The first-order valence-electron chi connectivity index (χ1n) is 10.4. The van der Waals surface area contributed by atoms with Crippen LogP contribution in [0.5, 0.6) is 0 Å². The topological polar surface area (TPSA) is 71.0 Å². The molecule has 4 rings (SSSR count). The van der Waals surface area contributed by atoms with Crippen molar-refractivity contribution in [1.82, 2.24) is 14.0 Å². The van der Waals surface area contributed by atoms with Crippen LogP contribution in [0.15, 0.2) is 58.1 Å². The molecule has 33 heavy (non-hydrogen) atoms. The maximum Gasteiger partial charge on any atom is 0.416 e. The van der Waals surface area contributed by atoms with Gasteiger partial charge in [-0.15, -0.1) is 0 Å². The van der Waals surface area contributed by atoms with Gasteiger partial charge in [0.2, 0.25) is 0 Å². The number of nitriles is 1. The Bertz CT molecular complexity index is 1350. The summed E-state index contributed by atoms with van der Waals surface area (Å²) in [4.78, 5) is 28.3. The Morgan fingerprint density at radius 3 is 2.33 bits per heavy atom. The van der Waals surface area contributed by atoms with Crippen molar-refractivity contribution in [3.8, 4) is 6.07 Å². The Morgan fingerprint density at radius 2 is 1.70 bits per heavy atom. The second-order valence-electron chi connectivity index (χ2n) is 8.00. The van der Waals surface area contributed by atoms with E-state index in [1.165, 1.54) is 12.1 Å². The third-order valence-corrected chi connectivity index (χ3v) is 5.79. The second kappa shape index (κ2) is 8.71. The quantitative estimate of drug-likeness (QED) is 0.592. The molecule has 0 spiro atoms. The summed E-state index contributed by atoms with van der Waals surface area (Å²) in [6.45, 7) is 3.36. The van der Waals surface area contributed by atoms with Gasteiger partial charge in [-0.1, -0.05) is 24.3 Å². The second-order valence-corrected chi connectivity index (χ2v) is 8.00. The minimum Gasteiger partial charge on any atom is -0.296 e. The Hall–Kier alpha value is -3.64. The van der Waals surface area contributed by atoms with E-state index >= 15 is 0 Å². The number of halogens is 3. The molecule has 6 nitrogen and oxygen atoms in total. The van der Waals surface area contributed by atoms with Crippen molar-refractivity contribution in [3.05, 3.63) is 103 Å². The van der Waals surface area contributed by atoms with Gasteiger partial charge in [-0.3, -0.25) is 18.8 Å². The van der Waals surface area contributed by atoms with Crippen molar-refractivity contribution in [2.24, 2.45) is 0 Å². The number of alkyl halides is 3. The molecule has 0 saturated carbocycles. The number of aromatic nitrogens is 2. The van der Waals surface area contributed by atoms with Gasteiger partial charge in [0, 0.05) is 31.9 Å². The van der Waals surface area contributed by atoms with Crippen LogP contribution in [0, 0.1) is 11.3 Å². The normalized spacial score (nSPS) is 13.7. The molecule has 0 unspecified atom stereocenters. The Morgan fingerprint density at radius 1 is 0.970 bits per heavy atom. The van der Waals surface area contributed by atoms with Crippen LogP contribution >= 0.6 is 0 Å². The number of fused-ring (bicyclic) bond motifs is 1. The third kappa shape index (κ3) is 4.47. The maximum absolute atomic E-state index is 13.2. The fourth-order valence-electron chi connectivity index (χ4n) is 4.18. The van der Waals surface area contributed by atoms with E-state index < -0.39 is 23.0 Å². The van der Waals surface area contributed by atoms with E-state index in [0.717, 1.165) is 22.3 Å². The van der Waals surface area contributed by atoms with Gasteiger partial charge in [0.1, 0.15) is 0 Å². The summed E-state index contributed by atoms with van der Waals surface area (Å²) in [6, 6.07) is 13.8. The molecule has 0 aliphatic carbocycles. The van der Waals surface area contributed by atoms with Gasteiger partial charge in [-0.25, -0.2) is 4.79 Å². The van der Waals surface area contributed by atoms with Crippen molar-refractivity contribution in [2.45, 2.75) is 45.8 Å². The Labute approximate surface area is 187 Å². The summed E-state index contributed by atoms with van der Waals surface area (Å²) in [5.41, 5.74) is 1.41. The number of hydrogen-bond acceptors (Lipinski definition) is 4. The molecule has 0 fully saturated rings. The van der Waals surface area contributed by atoms with Crippen LogP contribution in [0.2, 0.25) is 0 Å². The summed E-state index contributed by atoms with van der Waals surface area (Å²) < 4.78 is 41.1. The number of rotatable bonds is 5. The third-order valence-electron chi connectivity index (χ3n) is 5.79. The first-order valence-corrected chi connectivity index (χ1v) is 10.4. The van der Waals surface area contributed by atoms with Gasteiger partial charge >= 0.3 is 11.9 Å². The first kappa shape index (κ1) is 22.6. The minimum atomic E-state index is -4.45. The summed E-state index contributed by atoms with van der Waals surface area (Å²) >= 11 is 0. The van der Waals surface area contributed by atoms with Gasteiger partial charge < -0.3 is 0 Å². The summed E-state index contributed by atoms with van der Waals surface area (Å²) in [5.74, 6) is 0. The van der Waals surface area contributed by atoms with Crippen LogP contribution in [0.3, 0.4) is 0 Å². The van der Waals surface area contributed by atoms with Gasteiger partial charge in [-0.2, -0.15) is 18.4 Å². The molecule has 0 bridgehead atoms. The highest BCUT2D eigenvalue weighted by Gasteiger charge is 2.30. The van der Waals surface area contributed by atoms with Crippen LogP contribution in [-0.4, -0.2) is 14.0 Å². The molecule has 0 N–H and O–H groups in total. The van der Waals surface area contributed by atoms with E-state index in [2.05, 4.69) is 6.07 Å². The van der Waals surface area contributed by atoms with Gasteiger partial charge in [0.15, 0.2) is 0 Å². The van der Waals surface area contributed by atoms with Crippen molar-refractivity contribution >= 4 is 0 Å². The summed E-state index contributed by atoms with van der Waals surface area (Å²) in [6.07, 6.45) is -4.45. The lowest BCUT2D eigenvalue weighted by atomic mass is 10.1. The molecular weight excluding hydrogens is 433 g/mol. The summed E-state index contributed by atoms with van der Waals surface area (Å²) in [7, 11) is 0. The molecule has 2 aromatic carbocycles. The molecular formula is C24H21F3N4O2. The SMILES string of the molecule is CCn1c2c(c(=O)n(Cc3ccc(C(F)(F)F)cc3)c1=O)CN(Cc1cccc(C#N)c1)C2. The Balaban J connectivity index is 1.64. The predicted molar refractivity (Wildman–Crippen MR) is 115 cm³/mol. The lowest BCUT2D eigenvalue weighted by Gasteiger charge is -2.15. The van der Waals surface area contributed by atoms with E-state index in [4.69, 9.17) is 5.26 Å². The van der Waals surface area contributed by atoms with E-state index in [1.807, 2.05) is 17.9 Å². The van der Waals surface area contributed by atoms with Crippen LogP contribution in [0.1, 0.15) is 40.4 Å². The average Bonchev–Trinajstić information content (AvgIpc) is 3.20. The molecule has 1 aliphatic heterocycles. The van der Waals surface area contributed by atoms with E-state index in [1.54, 1.807) is 22.8 Å². The molecule has 0 saturated heterocycles. The van der Waals surface area contributed by atoms with E-state index in [9.17, 15) is 22.8 Å². The number of hydrogen-bond donors (Lipinski definition) is 0. The molecule has 170 valence electrons. The van der Waals surface area contributed by atoms with Gasteiger partial charge in [0.25, 0.3) is 5.56 Å². The molecule has 0 amide bonds. The Kier molecular flexibility index (Phi) is 5.95. The van der Waals surface area contributed by atoms with Crippen molar-refractivity contribution in [3.63, 3.8) is 0 Å². The lowest BCUT2D eigenvalue weighted by molar-refractivity contribution is -0.137. The largest absolute Gasteiger partial charge is 0.416 e. The fourth-order valence-corrected chi connectivity index (χ4v) is 4.18. The van der Waals surface area contributed by atoms with Crippen LogP contribution in [0.4, 0.5) is 13.2 Å². The molecule has 2 heterocycles. The maximum atomic E-state index is 13.2. The van der Waals surface area contributed by atoms with Crippen LogP contribution in [0.25, 0.3) is 0 Å². The monoisotopic (exact) mass is 454 g/mol. The number of benzene rings is 2. The van der Waals surface area contributed by atoms with E-state index in [0.29, 0.717) is 48.6 Å². The van der Waals surface area contributed by atoms with Crippen molar-refractivity contribution in [2.75, 3.05) is 0 Å². The first-order chi connectivity index (χ1) is 15.7. The fraction of sp³-hybridized carbons (Fsp3) is 0.292. The summed E-state index contributed by atoms with van der Waals surface area (Å²) in [5, 5.41) is 9.11. The predicted octanol–water partition coefficient (Wildman–Crippen LogP) is 3.48. The zero-order valence-electron chi connectivity index (χ0n) is 17.9. The average molecular weight is 454 g/mol.